The van der Waals surface area contributed by atoms with Crippen LogP contribution < -0.4 is 5.32 Å². The predicted octanol–water partition coefficient (Wildman–Crippen LogP) is 4.44. The van der Waals surface area contributed by atoms with Gasteiger partial charge in [0.1, 0.15) is 0 Å². The summed E-state index contributed by atoms with van der Waals surface area (Å²) < 4.78 is 65.3. The molecule has 0 spiro atoms. The fraction of sp³-hybridized carbons (Fsp3) is 0.350. The summed E-state index contributed by atoms with van der Waals surface area (Å²) in [7, 11) is -3.72. The highest BCUT2D eigenvalue weighted by molar-refractivity contribution is 7.89. The second-order valence-electron chi connectivity index (χ2n) is 6.97. The van der Waals surface area contributed by atoms with Crippen LogP contribution in [-0.4, -0.2) is 31.7 Å². The molecule has 0 bridgehead atoms. The van der Waals surface area contributed by atoms with Crippen LogP contribution in [0.2, 0.25) is 0 Å². The van der Waals surface area contributed by atoms with Gasteiger partial charge < -0.3 is 5.32 Å². The Hall–Kier alpha value is -2.39. The van der Waals surface area contributed by atoms with Crippen LogP contribution in [0, 0.1) is 6.92 Å². The molecule has 2 aromatic rings. The molecule has 29 heavy (non-hydrogen) atoms. The second kappa shape index (κ2) is 8.16. The molecule has 1 fully saturated rings. The molecule has 9 heteroatoms. The number of sulfonamides is 1. The van der Waals surface area contributed by atoms with Gasteiger partial charge in [-0.2, -0.15) is 17.5 Å². The summed E-state index contributed by atoms with van der Waals surface area (Å²) in [6.45, 7) is 2.56. The molecule has 1 saturated heterocycles. The van der Waals surface area contributed by atoms with Gasteiger partial charge in [0, 0.05) is 24.3 Å². The molecule has 0 atom stereocenters. The zero-order chi connectivity index (χ0) is 21.2. The van der Waals surface area contributed by atoms with Gasteiger partial charge in [0.2, 0.25) is 10.0 Å². The Labute approximate surface area is 167 Å². The van der Waals surface area contributed by atoms with Crippen LogP contribution in [-0.2, 0) is 16.2 Å². The number of halogens is 3. The summed E-state index contributed by atoms with van der Waals surface area (Å²) in [5.74, 6) is -0.597. The normalized spacial score (nSPS) is 15.9. The lowest BCUT2D eigenvalue weighted by Gasteiger charge is -2.26. The minimum atomic E-state index is -4.46. The van der Waals surface area contributed by atoms with Crippen LogP contribution in [0.15, 0.2) is 47.4 Å². The van der Waals surface area contributed by atoms with E-state index in [1.807, 2.05) is 0 Å². The minimum Gasteiger partial charge on any atom is -0.322 e. The van der Waals surface area contributed by atoms with E-state index in [1.165, 1.54) is 16.4 Å². The third kappa shape index (κ3) is 4.79. The number of aryl methyl sites for hydroxylation is 1. The van der Waals surface area contributed by atoms with Gasteiger partial charge >= 0.3 is 6.18 Å². The number of hydrogen-bond donors (Lipinski definition) is 1. The zero-order valence-electron chi connectivity index (χ0n) is 15.8. The smallest absolute Gasteiger partial charge is 0.322 e. The number of nitrogens with zero attached hydrogens (tertiary/aromatic N) is 1. The molecular formula is C20H21F3N2O3S. The number of rotatable bonds is 4. The fourth-order valence-electron chi connectivity index (χ4n) is 3.21. The molecule has 3 rings (SSSR count). The number of piperidine rings is 1. The van der Waals surface area contributed by atoms with Crippen LogP contribution in [0.3, 0.4) is 0 Å². The Morgan fingerprint density at radius 1 is 1.00 bits per heavy atom. The molecule has 1 heterocycles. The van der Waals surface area contributed by atoms with Crippen molar-refractivity contribution in [1.29, 1.82) is 0 Å². The number of nitrogens with one attached hydrogen (secondary N) is 1. The number of carbonyl (C=O) groups is 1. The number of benzene rings is 2. The molecule has 0 unspecified atom stereocenters. The van der Waals surface area contributed by atoms with Crippen molar-refractivity contribution < 1.29 is 26.4 Å². The van der Waals surface area contributed by atoms with E-state index in [4.69, 9.17) is 0 Å². The van der Waals surface area contributed by atoms with E-state index >= 15 is 0 Å². The molecule has 0 aromatic heterocycles. The molecule has 5 nitrogen and oxygen atoms in total. The van der Waals surface area contributed by atoms with E-state index in [-0.39, 0.29) is 16.1 Å². The Morgan fingerprint density at radius 3 is 2.21 bits per heavy atom. The SMILES string of the molecule is Cc1ccc(C(=O)Nc2ccc(C(F)(F)F)cc2)cc1S(=O)(=O)N1CCCCC1. The topological polar surface area (TPSA) is 66.5 Å². The quantitative estimate of drug-likeness (QED) is 0.786. The molecule has 156 valence electrons. The number of amides is 1. The molecule has 1 amide bonds. The van der Waals surface area contributed by atoms with Crippen molar-refractivity contribution in [3.05, 3.63) is 59.2 Å². The Bertz CT molecular complexity index is 997. The average Bonchev–Trinajstić information content (AvgIpc) is 2.68. The highest BCUT2D eigenvalue weighted by atomic mass is 32.2. The van der Waals surface area contributed by atoms with Gasteiger partial charge in [-0.25, -0.2) is 8.42 Å². The van der Waals surface area contributed by atoms with Gasteiger partial charge in [-0.15, -0.1) is 0 Å². The second-order valence-corrected chi connectivity index (χ2v) is 8.88. The van der Waals surface area contributed by atoms with Gasteiger partial charge in [0.15, 0.2) is 0 Å². The molecule has 1 aliphatic rings. The molecular weight excluding hydrogens is 405 g/mol. The first-order valence-electron chi connectivity index (χ1n) is 9.18. The molecule has 1 aliphatic heterocycles. The lowest BCUT2D eigenvalue weighted by atomic mass is 10.1. The van der Waals surface area contributed by atoms with Crippen molar-refractivity contribution in [3.63, 3.8) is 0 Å². The third-order valence-electron chi connectivity index (χ3n) is 4.85. The van der Waals surface area contributed by atoms with E-state index < -0.39 is 27.7 Å². The van der Waals surface area contributed by atoms with Crippen LogP contribution in [0.25, 0.3) is 0 Å². The van der Waals surface area contributed by atoms with Crippen molar-refractivity contribution in [1.82, 2.24) is 4.31 Å². The molecule has 0 aliphatic carbocycles. The maximum atomic E-state index is 13.0. The summed E-state index contributed by atoms with van der Waals surface area (Å²) >= 11 is 0. The minimum absolute atomic E-state index is 0.0690. The standard InChI is InChI=1S/C20H21F3N2O3S/c1-14-5-6-15(13-18(14)29(27,28)25-11-3-2-4-12-25)19(26)24-17-9-7-16(8-10-17)20(21,22)23/h5-10,13H,2-4,11-12H2,1H3,(H,24,26). The molecule has 2 aromatic carbocycles. The van der Waals surface area contributed by atoms with Crippen LogP contribution in [0.1, 0.15) is 40.7 Å². The van der Waals surface area contributed by atoms with Gasteiger partial charge in [0.05, 0.1) is 10.5 Å². The van der Waals surface area contributed by atoms with Gasteiger partial charge in [0.25, 0.3) is 5.91 Å². The lowest BCUT2D eigenvalue weighted by molar-refractivity contribution is -0.137. The lowest BCUT2D eigenvalue weighted by Crippen LogP contribution is -2.36. The van der Waals surface area contributed by atoms with Crippen LogP contribution in [0.5, 0.6) is 0 Å². The van der Waals surface area contributed by atoms with Crippen molar-refractivity contribution in [2.75, 3.05) is 18.4 Å². The zero-order valence-corrected chi connectivity index (χ0v) is 16.6. The molecule has 1 N–H and O–H groups in total. The third-order valence-corrected chi connectivity index (χ3v) is 6.89. The number of hydrogen-bond acceptors (Lipinski definition) is 3. The van der Waals surface area contributed by atoms with E-state index in [1.54, 1.807) is 13.0 Å². The van der Waals surface area contributed by atoms with E-state index in [0.29, 0.717) is 18.7 Å². The Kier molecular flexibility index (Phi) is 6.00. The van der Waals surface area contributed by atoms with Crippen molar-refractivity contribution >= 4 is 21.6 Å². The van der Waals surface area contributed by atoms with Gasteiger partial charge in [-0.1, -0.05) is 12.5 Å². The molecule has 0 saturated carbocycles. The van der Waals surface area contributed by atoms with E-state index in [2.05, 4.69) is 5.32 Å². The molecule has 0 radical (unpaired) electrons. The summed E-state index contributed by atoms with van der Waals surface area (Å²) in [5.41, 5.74) is 0.0116. The fourth-order valence-corrected chi connectivity index (χ4v) is 4.98. The predicted molar refractivity (Wildman–Crippen MR) is 103 cm³/mol. The Morgan fingerprint density at radius 2 is 1.62 bits per heavy atom. The highest BCUT2D eigenvalue weighted by Gasteiger charge is 2.30. The number of alkyl halides is 3. The largest absolute Gasteiger partial charge is 0.416 e. The monoisotopic (exact) mass is 426 g/mol. The number of carbonyl (C=O) groups excluding carboxylic acids is 1. The first-order chi connectivity index (χ1) is 13.6. The average molecular weight is 426 g/mol. The van der Waals surface area contributed by atoms with Gasteiger partial charge in [-0.05, 0) is 61.7 Å². The van der Waals surface area contributed by atoms with Gasteiger partial charge in [-0.3, -0.25) is 4.79 Å². The summed E-state index contributed by atoms with van der Waals surface area (Å²) in [6.07, 6.45) is -1.88. The van der Waals surface area contributed by atoms with Crippen molar-refractivity contribution in [2.24, 2.45) is 0 Å². The first kappa shape index (κ1) is 21.3. The maximum absolute atomic E-state index is 13.0. The van der Waals surface area contributed by atoms with E-state index in [9.17, 15) is 26.4 Å². The van der Waals surface area contributed by atoms with Crippen LogP contribution >= 0.6 is 0 Å². The Balaban J connectivity index is 1.82. The van der Waals surface area contributed by atoms with Crippen molar-refractivity contribution in [2.45, 2.75) is 37.3 Å². The highest BCUT2D eigenvalue weighted by Crippen LogP contribution is 2.30. The summed E-state index contributed by atoms with van der Waals surface area (Å²) in [6, 6.07) is 8.41. The van der Waals surface area contributed by atoms with Crippen molar-refractivity contribution in [3.8, 4) is 0 Å². The first-order valence-corrected chi connectivity index (χ1v) is 10.6. The van der Waals surface area contributed by atoms with E-state index in [0.717, 1.165) is 43.5 Å². The number of anilines is 1. The summed E-state index contributed by atoms with van der Waals surface area (Å²) in [5, 5.41) is 2.50. The maximum Gasteiger partial charge on any atom is 0.416 e. The summed E-state index contributed by atoms with van der Waals surface area (Å²) in [4.78, 5) is 12.6. The van der Waals surface area contributed by atoms with Crippen LogP contribution in [0.4, 0.5) is 18.9 Å².